The van der Waals surface area contributed by atoms with Crippen LogP contribution in [0.2, 0.25) is 0 Å². The van der Waals surface area contributed by atoms with Crippen molar-refractivity contribution in [2.24, 2.45) is 0 Å². The lowest BCUT2D eigenvalue weighted by Gasteiger charge is -2.14. The molecule has 0 saturated heterocycles. The van der Waals surface area contributed by atoms with Gasteiger partial charge < -0.3 is 10.1 Å². The SMILES string of the molecule is COC(=O)C(C)Nc1ccnc2ccccc12. The lowest BCUT2D eigenvalue weighted by molar-refractivity contribution is -0.141. The maximum atomic E-state index is 11.4. The number of hydrogen-bond donors (Lipinski definition) is 1. The van der Waals surface area contributed by atoms with E-state index in [-0.39, 0.29) is 12.0 Å². The fourth-order valence-corrected chi connectivity index (χ4v) is 1.69. The van der Waals surface area contributed by atoms with Crippen LogP contribution in [0, 0.1) is 0 Å². The largest absolute Gasteiger partial charge is 0.467 e. The van der Waals surface area contributed by atoms with Gasteiger partial charge >= 0.3 is 5.97 Å². The third-order valence-electron chi connectivity index (χ3n) is 2.58. The van der Waals surface area contributed by atoms with Crippen molar-refractivity contribution in [2.45, 2.75) is 13.0 Å². The zero-order valence-corrected chi connectivity index (χ0v) is 9.81. The molecule has 0 aliphatic rings. The van der Waals surface area contributed by atoms with Gasteiger partial charge in [0, 0.05) is 17.3 Å². The Kier molecular flexibility index (Phi) is 3.23. The summed E-state index contributed by atoms with van der Waals surface area (Å²) in [5.74, 6) is -0.286. The number of para-hydroxylation sites is 1. The van der Waals surface area contributed by atoms with Crippen LogP contribution in [0.5, 0.6) is 0 Å². The highest BCUT2D eigenvalue weighted by atomic mass is 16.5. The zero-order chi connectivity index (χ0) is 12.3. The highest BCUT2D eigenvalue weighted by Gasteiger charge is 2.13. The molecule has 1 atom stereocenters. The number of ether oxygens (including phenoxy) is 1. The van der Waals surface area contributed by atoms with E-state index >= 15 is 0 Å². The predicted molar refractivity (Wildman–Crippen MR) is 66.8 cm³/mol. The number of pyridine rings is 1. The second kappa shape index (κ2) is 4.82. The van der Waals surface area contributed by atoms with Crippen LogP contribution in [-0.2, 0) is 9.53 Å². The Morgan fingerprint density at radius 3 is 2.88 bits per heavy atom. The van der Waals surface area contributed by atoms with E-state index in [2.05, 4.69) is 15.0 Å². The Bertz CT molecular complexity index is 534. The van der Waals surface area contributed by atoms with Crippen LogP contribution < -0.4 is 5.32 Å². The van der Waals surface area contributed by atoms with Gasteiger partial charge in [0.15, 0.2) is 0 Å². The average Bonchev–Trinajstić information content (AvgIpc) is 2.38. The molecular formula is C13H14N2O2. The average molecular weight is 230 g/mol. The van der Waals surface area contributed by atoms with E-state index in [1.54, 1.807) is 13.1 Å². The summed E-state index contributed by atoms with van der Waals surface area (Å²) in [6.45, 7) is 1.76. The molecule has 0 radical (unpaired) electrons. The molecule has 1 aromatic carbocycles. The Balaban J connectivity index is 2.33. The summed E-state index contributed by atoms with van der Waals surface area (Å²) in [5.41, 5.74) is 1.78. The number of hydrogen-bond acceptors (Lipinski definition) is 4. The van der Waals surface area contributed by atoms with Gasteiger partial charge in [-0.2, -0.15) is 0 Å². The number of fused-ring (bicyclic) bond motifs is 1. The predicted octanol–water partition coefficient (Wildman–Crippen LogP) is 2.21. The van der Waals surface area contributed by atoms with E-state index in [0.29, 0.717) is 0 Å². The summed E-state index contributed by atoms with van der Waals surface area (Å²) >= 11 is 0. The molecule has 1 aromatic heterocycles. The van der Waals surface area contributed by atoms with E-state index in [9.17, 15) is 4.79 Å². The highest BCUT2D eigenvalue weighted by molar-refractivity contribution is 5.92. The van der Waals surface area contributed by atoms with Gasteiger partial charge in [0.25, 0.3) is 0 Å². The van der Waals surface area contributed by atoms with Crippen LogP contribution in [0.4, 0.5) is 5.69 Å². The number of methoxy groups -OCH3 is 1. The van der Waals surface area contributed by atoms with Crippen LogP contribution in [0.3, 0.4) is 0 Å². The Hall–Kier alpha value is -2.10. The van der Waals surface area contributed by atoms with Gasteiger partial charge in [-0.05, 0) is 19.1 Å². The summed E-state index contributed by atoms with van der Waals surface area (Å²) in [5, 5.41) is 4.11. The molecule has 2 aromatic rings. The Labute approximate surface area is 99.6 Å². The molecule has 1 N–H and O–H groups in total. The van der Waals surface area contributed by atoms with Crippen LogP contribution in [0.25, 0.3) is 10.9 Å². The van der Waals surface area contributed by atoms with Crippen molar-refractivity contribution in [1.82, 2.24) is 4.98 Å². The van der Waals surface area contributed by atoms with Gasteiger partial charge in [-0.15, -0.1) is 0 Å². The zero-order valence-electron chi connectivity index (χ0n) is 9.81. The number of rotatable bonds is 3. The second-order valence-corrected chi connectivity index (χ2v) is 3.76. The van der Waals surface area contributed by atoms with Crippen molar-refractivity contribution in [3.05, 3.63) is 36.5 Å². The standard InChI is InChI=1S/C13H14N2O2/c1-9(13(16)17-2)15-12-7-8-14-11-6-4-3-5-10(11)12/h3-9H,1-2H3,(H,14,15). The minimum Gasteiger partial charge on any atom is -0.467 e. The molecule has 0 aliphatic carbocycles. The van der Waals surface area contributed by atoms with E-state index in [4.69, 9.17) is 0 Å². The molecule has 4 nitrogen and oxygen atoms in total. The fourth-order valence-electron chi connectivity index (χ4n) is 1.69. The summed E-state index contributed by atoms with van der Waals surface area (Å²) in [6, 6.07) is 9.24. The number of esters is 1. The van der Waals surface area contributed by atoms with Gasteiger partial charge in [0.05, 0.1) is 12.6 Å². The van der Waals surface area contributed by atoms with E-state index in [0.717, 1.165) is 16.6 Å². The number of nitrogens with zero attached hydrogens (tertiary/aromatic N) is 1. The number of anilines is 1. The second-order valence-electron chi connectivity index (χ2n) is 3.76. The molecule has 0 amide bonds. The first kappa shape index (κ1) is 11.4. The molecular weight excluding hydrogens is 216 g/mol. The quantitative estimate of drug-likeness (QED) is 0.821. The normalized spacial score (nSPS) is 12.1. The number of carbonyl (C=O) groups excluding carboxylic acids is 1. The van der Waals surface area contributed by atoms with Crippen molar-refractivity contribution in [3.8, 4) is 0 Å². The van der Waals surface area contributed by atoms with Crippen molar-refractivity contribution in [1.29, 1.82) is 0 Å². The molecule has 17 heavy (non-hydrogen) atoms. The summed E-state index contributed by atoms with van der Waals surface area (Å²) in [7, 11) is 1.38. The van der Waals surface area contributed by atoms with Crippen LogP contribution in [0.15, 0.2) is 36.5 Å². The van der Waals surface area contributed by atoms with Gasteiger partial charge in [-0.3, -0.25) is 4.98 Å². The minimum absolute atomic E-state index is 0.286. The molecule has 1 unspecified atom stereocenters. The lowest BCUT2D eigenvalue weighted by atomic mass is 10.1. The molecule has 0 bridgehead atoms. The molecule has 1 heterocycles. The summed E-state index contributed by atoms with van der Waals surface area (Å²) in [4.78, 5) is 15.6. The van der Waals surface area contributed by atoms with Crippen molar-refractivity contribution in [3.63, 3.8) is 0 Å². The maximum Gasteiger partial charge on any atom is 0.327 e. The maximum absolute atomic E-state index is 11.4. The molecule has 4 heteroatoms. The van der Waals surface area contributed by atoms with Crippen LogP contribution in [-0.4, -0.2) is 24.1 Å². The third kappa shape index (κ3) is 2.36. The Morgan fingerprint density at radius 1 is 1.35 bits per heavy atom. The molecule has 0 aliphatic heterocycles. The molecule has 88 valence electrons. The number of aromatic nitrogens is 1. The summed E-state index contributed by atoms with van der Waals surface area (Å²) < 4.78 is 4.68. The fraction of sp³-hybridized carbons (Fsp3) is 0.231. The van der Waals surface area contributed by atoms with Gasteiger partial charge in [-0.25, -0.2) is 4.79 Å². The summed E-state index contributed by atoms with van der Waals surface area (Å²) in [6.07, 6.45) is 1.72. The van der Waals surface area contributed by atoms with Gasteiger partial charge in [0.2, 0.25) is 0 Å². The topological polar surface area (TPSA) is 51.2 Å². The molecule has 0 fully saturated rings. The third-order valence-corrected chi connectivity index (χ3v) is 2.58. The Morgan fingerprint density at radius 2 is 2.12 bits per heavy atom. The number of carbonyl (C=O) groups is 1. The first-order valence-electron chi connectivity index (χ1n) is 5.40. The first-order valence-corrected chi connectivity index (χ1v) is 5.40. The minimum atomic E-state index is -0.384. The molecule has 2 rings (SSSR count). The van der Waals surface area contributed by atoms with E-state index in [1.165, 1.54) is 7.11 Å². The van der Waals surface area contributed by atoms with Crippen molar-refractivity contribution < 1.29 is 9.53 Å². The molecule has 0 spiro atoms. The van der Waals surface area contributed by atoms with Crippen LogP contribution in [0.1, 0.15) is 6.92 Å². The van der Waals surface area contributed by atoms with Crippen molar-refractivity contribution in [2.75, 3.05) is 12.4 Å². The number of nitrogens with one attached hydrogen (secondary N) is 1. The number of benzene rings is 1. The van der Waals surface area contributed by atoms with Gasteiger partial charge in [-0.1, -0.05) is 18.2 Å². The monoisotopic (exact) mass is 230 g/mol. The van der Waals surface area contributed by atoms with Gasteiger partial charge in [0.1, 0.15) is 6.04 Å². The lowest BCUT2D eigenvalue weighted by Crippen LogP contribution is -2.27. The smallest absolute Gasteiger partial charge is 0.327 e. The highest BCUT2D eigenvalue weighted by Crippen LogP contribution is 2.21. The first-order chi connectivity index (χ1) is 8.22. The molecule has 0 saturated carbocycles. The van der Waals surface area contributed by atoms with E-state index in [1.807, 2.05) is 30.3 Å². The van der Waals surface area contributed by atoms with Crippen LogP contribution >= 0.6 is 0 Å². The van der Waals surface area contributed by atoms with E-state index < -0.39 is 0 Å². The van der Waals surface area contributed by atoms with Crippen molar-refractivity contribution >= 4 is 22.6 Å².